The van der Waals surface area contributed by atoms with Crippen LogP contribution in [-0.2, 0) is 43.9 Å². The molecule has 1 aromatic carbocycles. The summed E-state index contributed by atoms with van der Waals surface area (Å²) in [7, 11) is 1.87. The van der Waals surface area contributed by atoms with Gasteiger partial charge in [0.2, 0.25) is 23.6 Å². The first-order chi connectivity index (χ1) is 24.1. The molecule has 13 nitrogen and oxygen atoms in total. The van der Waals surface area contributed by atoms with E-state index in [1.807, 2.05) is 36.1 Å². The maximum atomic E-state index is 14.0. The smallest absolute Gasteiger partial charge is 0.430 e. The molecule has 1 unspecified atom stereocenters. The summed E-state index contributed by atoms with van der Waals surface area (Å²) < 4.78 is 33.4. The molecule has 3 atom stereocenters. The topological polar surface area (TPSA) is 215 Å². The van der Waals surface area contributed by atoms with E-state index in [-0.39, 0.29) is 30.5 Å². The Hall–Kier alpha value is -5.02. The van der Waals surface area contributed by atoms with Crippen molar-refractivity contribution in [3.05, 3.63) is 65.5 Å². The molecule has 278 valence electrons. The van der Waals surface area contributed by atoms with E-state index in [4.69, 9.17) is 26.8 Å². The summed E-state index contributed by atoms with van der Waals surface area (Å²) in [6.07, 6.45) is 6.14. The van der Waals surface area contributed by atoms with Gasteiger partial charge in [-0.15, -0.1) is 0 Å². The van der Waals surface area contributed by atoms with E-state index in [1.165, 1.54) is 0 Å². The van der Waals surface area contributed by atoms with E-state index in [9.17, 15) is 32.3 Å². The van der Waals surface area contributed by atoms with Gasteiger partial charge >= 0.3 is 6.18 Å². The number of carbonyl (C=O) groups is 5. The lowest BCUT2D eigenvalue weighted by Gasteiger charge is -2.33. The lowest BCUT2D eigenvalue weighted by Crippen LogP contribution is -2.58. The van der Waals surface area contributed by atoms with Crippen LogP contribution in [0.2, 0.25) is 0 Å². The summed E-state index contributed by atoms with van der Waals surface area (Å²) in [4.78, 5) is 64.6. The van der Waals surface area contributed by atoms with Crippen LogP contribution in [0.4, 0.5) is 13.2 Å². The Kier molecular flexibility index (Phi) is 14.9. The molecule has 1 aromatic heterocycles. The van der Waals surface area contributed by atoms with Crippen LogP contribution in [0.1, 0.15) is 68.1 Å². The minimum Gasteiger partial charge on any atom is -0.542 e. The number of rotatable bonds is 12. The van der Waals surface area contributed by atoms with Gasteiger partial charge in [-0.2, -0.15) is 13.2 Å². The molecule has 16 heteroatoms. The Morgan fingerprint density at radius 3 is 2.02 bits per heavy atom. The number of hydrogen-bond acceptors (Lipinski definition) is 7. The predicted octanol–water partition coefficient (Wildman–Crippen LogP) is 0.543. The number of aliphatic carboxylic acids is 1. The third kappa shape index (κ3) is 12.7. The van der Waals surface area contributed by atoms with Crippen molar-refractivity contribution in [1.29, 1.82) is 5.41 Å². The first-order valence-electron chi connectivity index (χ1n) is 16.9. The van der Waals surface area contributed by atoms with Gasteiger partial charge in [0.25, 0.3) is 0 Å². The molecule has 1 saturated carbocycles. The number of piperidine rings is 1. The number of amidine groups is 1. The van der Waals surface area contributed by atoms with Crippen molar-refractivity contribution in [2.45, 2.75) is 82.5 Å². The number of carboxylic acids is 1. The fourth-order valence-corrected chi connectivity index (χ4v) is 6.29. The maximum absolute atomic E-state index is 14.0. The van der Waals surface area contributed by atoms with Crippen LogP contribution >= 0.6 is 0 Å². The van der Waals surface area contributed by atoms with Gasteiger partial charge in [0.1, 0.15) is 36.9 Å². The van der Waals surface area contributed by atoms with Crippen LogP contribution < -0.4 is 31.8 Å². The molecular weight excluding hydrogens is 671 g/mol. The number of aromatic nitrogens is 1. The Bertz CT molecular complexity index is 1540. The van der Waals surface area contributed by atoms with Crippen molar-refractivity contribution < 1.29 is 46.8 Å². The number of nitrogens with one attached hydrogen (secondary N) is 3. The van der Waals surface area contributed by atoms with Crippen molar-refractivity contribution in [3.8, 4) is 0 Å². The second kappa shape index (κ2) is 18.8. The number of hydrogen-bond donors (Lipinski definition) is 5. The van der Waals surface area contributed by atoms with Crippen LogP contribution in [-0.4, -0.2) is 71.7 Å². The van der Waals surface area contributed by atoms with Crippen molar-refractivity contribution in [1.82, 2.24) is 15.5 Å². The van der Waals surface area contributed by atoms with Gasteiger partial charge in [0.15, 0.2) is 12.4 Å². The first kappa shape index (κ1) is 40.4. The highest BCUT2D eigenvalue weighted by atomic mass is 19.4. The summed E-state index contributed by atoms with van der Waals surface area (Å²) in [5.41, 5.74) is 13.5. The average molecular weight is 718 g/mol. The third-order valence-corrected chi connectivity index (χ3v) is 9.02. The Morgan fingerprint density at radius 1 is 0.902 bits per heavy atom. The van der Waals surface area contributed by atoms with E-state index in [2.05, 4.69) is 10.6 Å². The van der Waals surface area contributed by atoms with Crippen molar-refractivity contribution in [3.63, 3.8) is 0 Å². The minimum absolute atomic E-state index is 0.0630. The molecule has 1 aliphatic carbocycles. The van der Waals surface area contributed by atoms with E-state index >= 15 is 0 Å². The number of carbonyl (C=O) groups excluding carboxylic acids is 5. The van der Waals surface area contributed by atoms with Gasteiger partial charge in [-0.25, -0.2) is 4.57 Å². The summed E-state index contributed by atoms with van der Waals surface area (Å²) in [5.74, 6) is -6.13. The van der Waals surface area contributed by atoms with Crippen LogP contribution in [0.15, 0.2) is 48.8 Å². The van der Waals surface area contributed by atoms with Gasteiger partial charge in [-0.3, -0.25) is 24.6 Å². The minimum atomic E-state index is -5.19. The highest BCUT2D eigenvalue weighted by Crippen LogP contribution is 2.28. The molecule has 1 saturated heterocycles. The number of primary amides is 1. The van der Waals surface area contributed by atoms with Gasteiger partial charge in [-0.1, -0.05) is 43.5 Å². The average Bonchev–Trinajstić information content (AvgIpc) is 3.09. The lowest BCUT2D eigenvalue weighted by atomic mass is 9.83. The van der Waals surface area contributed by atoms with Crippen LogP contribution in [0.3, 0.4) is 0 Å². The SMILES string of the molecule is C[n+]1cccc(C[C@H](NC(=O)[C@@H](NC(=O)C(Cc2ccc(C(=N)N)cc2)C(=O)N2CCCCC2)C2CCCCC2)C(N)=O)c1.O=C([O-])C(F)(F)F. The zero-order valence-electron chi connectivity index (χ0n) is 28.5. The normalized spacial score (nSPS) is 16.7. The Morgan fingerprint density at radius 2 is 1.49 bits per heavy atom. The molecule has 2 aromatic rings. The quantitative estimate of drug-likeness (QED) is 0.0909. The van der Waals surface area contributed by atoms with Crippen molar-refractivity contribution >= 4 is 35.4 Å². The van der Waals surface area contributed by atoms with E-state index in [1.54, 1.807) is 29.2 Å². The number of benzene rings is 1. The van der Waals surface area contributed by atoms with Crippen LogP contribution in [0, 0.1) is 17.2 Å². The Balaban J connectivity index is 0.000000908. The highest BCUT2D eigenvalue weighted by molar-refractivity contribution is 6.02. The fourth-order valence-electron chi connectivity index (χ4n) is 6.29. The molecule has 4 amide bonds. The molecule has 51 heavy (non-hydrogen) atoms. The number of nitrogens with zero attached hydrogens (tertiary/aromatic N) is 2. The largest absolute Gasteiger partial charge is 0.542 e. The number of carboxylic acid groups (broad SMARTS) is 1. The van der Waals surface area contributed by atoms with Crippen molar-refractivity contribution in [2.75, 3.05) is 13.1 Å². The number of pyridine rings is 1. The van der Waals surface area contributed by atoms with Crippen LogP contribution in [0.25, 0.3) is 0 Å². The summed E-state index contributed by atoms with van der Waals surface area (Å²) in [6.45, 7) is 1.19. The third-order valence-electron chi connectivity index (χ3n) is 9.02. The Labute approximate surface area is 294 Å². The predicted molar refractivity (Wildman–Crippen MR) is 177 cm³/mol. The summed E-state index contributed by atoms with van der Waals surface area (Å²) >= 11 is 0. The van der Waals surface area contributed by atoms with Gasteiger partial charge in [0, 0.05) is 36.7 Å². The second-order valence-corrected chi connectivity index (χ2v) is 13.0. The standard InChI is InChI=1S/C33H45N7O4.C2HF3O2/c1-39-16-8-9-23(21-39)20-27(30(36)41)37-32(43)28(24-10-4-2-5-11-24)38-31(42)26(33(44)40-17-6-3-7-18-40)19-22-12-14-25(15-13-22)29(34)35;3-2(4,5)1(6)7/h8-9,12-16,21,24,26-28H,2-7,10-11,17-20H2,1H3,(H6-,34,35,36,37,38,41,42,43);(H,6,7)/t26?,27-,28-;/m0./s1. The number of aryl methyl sites for hydroxylation is 1. The zero-order valence-corrected chi connectivity index (χ0v) is 28.5. The van der Waals surface area contributed by atoms with E-state index in [0.717, 1.165) is 62.5 Å². The lowest BCUT2D eigenvalue weighted by molar-refractivity contribution is -0.671. The molecule has 0 bridgehead atoms. The van der Waals surface area contributed by atoms with Crippen LogP contribution in [0.5, 0.6) is 0 Å². The van der Waals surface area contributed by atoms with E-state index in [0.29, 0.717) is 18.7 Å². The number of halogens is 3. The zero-order chi connectivity index (χ0) is 37.7. The maximum Gasteiger partial charge on any atom is 0.430 e. The molecular formula is C35H46F3N7O6. The molecule has 4 rings (SSSR count). The number of alkyl halides is 3. The van der Waals surface area contributed by atoms with Gasteiger partial charge in [-0.05, 0) is 56.1 Å². The second-order valence-electron chi connectivity index (χ2n) is 13.0. The summed E-state index contributed by atoms with van der Waals surface area (Å²) in [6, 6.07) is 8.79. The number of likely N-dealkylation sites (tertiary alicyclic amines) is 1. The van der Waals surface area contributed by atoms with Gasteiger partial charge < -0.3 is 36.9 Å². The molecule has 1 aliphatic heterocycles. The molecule has 0 spiro atoms. The molecule has 2 aliphatic rings. The molecule has 0 radical (unpaired) electrons. The molecule has 2 heterocycles. The highest BCUT2D eigenvalue weighted by Gasteiger charge is 2.38. The number of nitrogen functional groups attached to an aromatic ring is 1. The van der Waals surface area contributed by atoms with Gasteiger partial charge in [0.05, 0.1) is 0 Å². The monoisotopic (exact) mass is 717 g/mol. The molecule has 7 N–H and O–H groups in total. The number of amides is 4. The first-order valence-corrected chi connectivity index (χ1v) is 16.9. The number of nitrogens with two attached hydrogens (primary N) is 2. The summed E-state index contributed by atoms with van der Waals surface area (Å²) in [5, 5.41) is 22.2. The molecule has 2 fully saturated rings. The van der Waals surface area contributed by atoms with Crippen molar-refractivity contribution in [2.24, 2.45) is 30.4 Å². The van der Waals surface area contributed by atoms with E-state index < -0.39 is 47.9 Å². The fraction of sp³-hybridized carbons (Fsp3) is 0.514.